The average molecular weight is 293 g/mol. The van der Waals surface area contributed by atoms with Crippen molar-refractivity contribution in [2.45, 2.75) is 13.8 Å². The number of hydrogen-bond acceptors (Lipinski definition) is 3. The maximum Gasteiger partial charge on any atom is 0.362 e. The molecule has 5 heteroatoms. The third-order valence-electron chi connectivity index (χ3n) is 2.64. The van der Waals surface area contributed by atoms with Gasteiger partial charge in [-0.3, -0.25) is 0 Å². The second-order valence-corrected chi connectivity index (χ2v) is 7.23. The van der Waals surface area contributed by atoms with Crippen molar-refractivity contribution in [3.63, 3.8) is 0 Å². The van der Waals surface area contributed by atoms with Gasteiger partial charge in [0.15, 0.2) is 0 Å². The van der Waals surface area contributed by atoms with Gasteiger partial charge in [0.1, 0.15) is 11.5 Å². The van der Waals surface area contributed by atoms with Gasteiger partial charge < -0.3 is 9.05 Å². The molecule has 0 radical (unpaired) electrons. The van der Waals surface area contributed by atoms with Crippen LogP contribution in [0.3, 0.4) is 0 Å². The first-order valence-corrected chi connectivity index (χ1v) is 8.58. The standard InChI is InChI=1S/C14H16NO2PS/c1-11-7-3-5-9-13(11)16-18(15,19)17-14-10-6-4-8-12(14)2/h3-10H,1-2H3,(H2,15,19). The quantitative estimate of drug-likeness (QED) is 0.867. The molecule has 0 unspecified atom stereocenters. The van der Waals surface area contributed by atoms with E-state index in [0.717, 1.165) is 11.1 Å². The maximum atomic E-state index is 6.00. The van der Waals surface area contributed by atoms with Gasteiger partial charge in [-0.1, -0.05) is 36.4 Å². The first-order valence-electron chi connectivity index (χ1n) is 5.87. The van der Waals surface area contributed by atoms with E-state index >= 15 is 0 Å². The molecule has 0 heterocycles. The van der Waals surface area contributed by atoms with Crippen LogP contribution in [0.4, 0.5) is 0 Å². The lowest BCUT2D eigenvalue weighted by Gasteiger charge is -2.20. The predicted octanol–water partition coefficient (Wildman–Crippen LogP) is 3.94. The third-order valence-corrected chi connectivity index (χ3v) is 3.99. The summed E-state index contributed by atoms with van der Waals surface area (Å²) < 4.78 is 11.3. The Balaban J connectivity index is 2.18. The van der Waals surface area contributed by atoms with Crippen LogP contribution in [0.25, 0.3) is 0 Å². The average Bonchev–Trinajstić information content (AvgIpc) is 2.35. The highest BCUT2D eigenvalue weighted by Gasteiger charge is 2.18. The van der Waals surface area contributed by atoms with E-state index in [1.165, 1.54) is 0 Å². The van der Waals surface area contributed by atoms with Crippen molar-refractivity contribution < 1.29 is 9.05 Å². The van der Waals surface area contributed by atoms with Crippen LogP contribution in [0.5, 0.6) is 11.5 Å². The van der Waals surface area contributed by atoms with Gasteiger partial charge in [0.25, 0.3) is 0 Å². The molecule has 0 saturated heterocycles. The van der Waals surface area contributed by atoms with Gasteiger partial charge in [0.2, 0.25) is 0 Å². The molecule has 0 bridgehead atoms. The summed E-state index contributed by atoms with van der Waals surface area (Å²) in [6, 6.07) is 15.2. The second kappa shape index (κ2) is 5.74. The van der Waals surface area contributed by atoms with Gasteiger partial charge in [-0.15, -0.1) is 0 Å². The van der Waals surface area contributed by atoms with Crippen LogP contribution in [0.15, 0.2) is 48.5 Å². The highest BCUT2D eigenvalue weighted by molar-refractivity contribution is 8.09. The number of rotatable bonds is 4. The molecule has 2 aromatic carbocycles. The van der Waals surface area contributed by atoms with E-state index in [4.69, 9.17) is 26.4 Å². The van der Waals surface area contributed by atoms with Crippen molar-refractivity contribution in [1.29, 1.82) is 0 Å². The fourth-order valence-corrected chi connectivity index (χ4v) is 3.09. The summed E-state index contributed by atoms with van der Waals surface area (Å²) in [5.41, 5.74) is 7.96. The molecule has 0 aromatic heterocycles. The zero-order valence-electron chi connectivity index (χ0n) is 10.9. The van der Waals surface area contributed by atoms with Crippen LogP contribution in [0.2, 0.25) is 0 Å². The van der Waals surface area contributed by atoms with Crippen molar-refractivity contribution in [1.82, 2.24) is 0 Å². The normalized spacial score (nSPS) is 11.1. The molecule has 100 valence electrons. The molecular weight excluding hydrogens is 277 g/mol. The third kappa shape index (κ3) is 3.80. The van der Waals surface area contributed by atoms with E-state index in [0.29, 0.717) is 11.5 Å². The molecule has 2 aromatic rings. The fourth-order valence-electron chi connectivity index (χ4n) is 1.61. The molecule has 2 rings (SSSR count). The highest BCUT2D eigenvalue weighted by atomic mass is 32.5. The smallest absolute Gasteiger partial charge is 0.362 e. The summed E-state index contributed by atoms with van der Waals surface area (Å²) in [5.74, 6) is 1.34. The zero-order valence-corrected chi connectivity index (χ0v) is 12.6. The van der Waals surface area contributed by atoms with Crippen molar-refractivity contribution in [3.8, 4) is 11.5 Å². The Bertz CT molecular complexity index is 579. The summed E-state index contributed by atoms with van der Waals surface area (Å²) in [7, 11) is 0. The van der Waals surface area contributed by atoms with Crippen LogP contribution < -0.4 is 14.6 Å². The van der Waals surface area contributed by atoms with Crippen LogP contribution in [-0.2, 0) is 11.8 Å². The molecule has 2 N–H and O–H groups in total. The van der Waals surface area contributed by atoms with Gasteiger partial charge >= 0.3 is 6.64 Å². The maximum absolute atomic E-state index is 6.00. The van der Waals surface area contributed by atoms with E-state index in [1.807, 2.05) is 62.4 Å². The van der Waals surface area contributed by atoms with Crippen molar-refractivity contribution >= 4 is 18.4 Å². The molecule has 0 fully saturated rings. The molecule has 0 saturated carbocycles. The second-order valence-electron chi connectivity index (χ2n) is 4.25. The summed E-state index contributed by atoms with van der Waals surface area (Å²) in [6.45, 7) is 1.03. The molecule has 19 heavy (non-hydrogen) atoms. The van der Waals surface area contributed by atoms with Gasteiger partial charge in [0, 0.05) is 11.8 Å². The number of nitrogens with two attached hydrogens (primary N) is 1. The Hall–Kier alpha value is -1.35. The largest absolute Gasteiger partial charge is 0.424 e. The lowest BCUT2D eigenvalue weighted by atomic mass is 10.2. The highest BCUT2D eigenvalue weighted by Crippen LogP contribution is 2.43. The lowest BCUT2D eigenvalue weighted by Crippen LogP contribution is -2.09. The number of para-hydroxylation sites is 2. The summed E-state index contributed by atoms with van der Waals surface area (Å²) in [5, 5.41) is 0. The van der Waals surface area contributed by atoms with E-state index in [2.05, 4.69) is 0 Å². The topological polar surface area (TPSA) is 44.5 Å². The van der Waals surface area contributed by atoms with Crippen LogP contribution in [-0.4, -0.2) is 0 Å². The minimum atomic E-state index is -2.86. The molecular formula is C14H16NO2PS. The molecule has 0 aliphatic rings. The Morgan fingerprint density at radius 3 is 1.58 bits per heavy atom. The number of hydrogen-bond donors (Lipinski definition) is 1. The first kappa shape index (κ1) is 14.1. The monoisotopic (exact) mass is 293 g/mol. The van der Waals surface area contributed by atoms with Crippen LogP contribution in [0.1, 0.15) is 11.1 Å². The minimum Gasteiger partial charge on any atom is -0.424 e. The summed E-state index contributed by atoms with van der Waals surface area (Å²) in [6.07, 6.45) is 0. The van der Waals surface area contributed by atoms with E-state index in [1.54, 1.807) is 0 Å². The van der Waals surface area contributed by atoms with Crippen LogP contribution >= 0.6 is 6.64 Å². The minimum absolute atomic E-state index is 0.668. The van der Waals surface area contributed by atoms with E-state index < -0.39 is 6.64 Å². The fraction of sp³-hybridized carbons (Fsp3) is 0.143. The van der Waals surface area contributed by atoms with E-state index in [-0.39, 0.29) is 0 Å². The Morgan fingerprint density at radius 2 is 1.21 bits per heavy atom. The van der Waals surface area contributed by atoms with Crippen molar-refractivity contribution in [3.05, 3.63) is 59.7 Å². The van der Waals surface area contributed by atoms with Gasteiger partial charge in [-0.2, -0.15) is 0 Å². The van der Waals surface area contributed by atoms with Crippen LogP contribution in [0, 0.1) is 13.8 Å². The van der Waals surface area contributed by atoms with Gasteiger partial charge in [0.05, 0.1) is 0 Å². The lowest BCUT2D eigenvalue weighted by molar-refractivity contribution is 0.483. The Labute approximate surface area is 118 Å². The molecule has 0 spiro atoms. The number of benzene rings is 2. The molecule has 0 aliphatic heterocycles. The Morgan fingerprint density at radius 1 is 0.842 bits per heavy atom. The van der Waals surface area contributed by atoms with Crippen molar-refractivity contribution in [2.24, 2.45) is 5.50 Å². The molecule has 0 aliphatic carbocycles. The summed E-state index contributed by atoms with van der Waals surface area (Å²) >= 11 is 5.27. The van der Waals surface area contributed by atoms with E-state index in [9.17, 15) is 0 Å². The van der Waals surface area contributed by atoms with Crippen molar-refractivity contribution in [2.75, 3.05) is 0 Å². The molecule has 0 amide bonds. The molecule has 3 nitrogen and oxygen atoms in total. The van der Waals surface area contributed by atoms with Gasteiger partial charge in [-0.05, 0) is 37.1 Å². The van der Waals surface area contributed by atoms with Gasteiger partial charge in [-0.25, -0.2) is 5.50 Å². The Kier molecular flexibility index (Phi) is 4.25. The number of aryl methyl sites for hydroxylation is 2. The molecule has 0 atom stereocenters. The zero-order chi connectivity index (χ0) is 13.9. The predicted molar refractivity (Wildman–Crippen MR) is 82.1 cm³/mol. The SMILES string of the molecule is Cc1ccccc1OP(N)(=S)Oc1ccccc1C. The first-order chi connectivity index (χ1) is 8.98. The summed E-state index contributed by atoms with van der Waals surface area (Å²) in [4.78, 5) is 0.